The summed E-state index contributed by atoms with van der Waals surface area (Å²) < 4.78 is 0. The van der Waals surface area contributed by atoms with Gasteiger partial charge in [-0.15, -0.1) is 0 Å². The predicted molar refractivity (Wildman–Crippen MR) is 81.0 cm³/mol. The van der Waals surface area contributed by atoms with Gasteiger partial charge in [0, 0.05) is 25.2 Å². The van der Waals surface area contributed by atoms with Gasteiger partial charge in [-0.2, -0.15) is 0 Å². The van der Waals surface area contributed by atoms with Crippen molar-refractivity contribution in [3.05, 3.63) is 0 Å². The molecule has 0 aromatic rings. The Hall–Kier alpha value is -0.0800. The number of nitrogens with zero attached hydrogens (tertiary/aromatic N) is 1. The molecule has 1 aliphatic rings. The quantitative estimate of drug-likeness (QED) is 0.699. The molecule has 2 heteroatoms. The summed E-state index contributed by atoms with van der Waals surface area (Å²) in [4.78, 5) is 2.75. The Bertz CT molecular complexity index is 213. The molecule has 0 aromatic carbocycles. The molecule has 0 spiro atoms. The zero-order valence-corrected chi connectivity index (χ0v) is 13.2. The molecule has 0 saturated carbocycles. The molecule has 1 rings (SSSR count). The minimum absolute atomic E-state index is 0.710. The number of nitrogens with one attached hydrogen (secondary N) is 1. The molecule has 0 aromatic heterocycles. The molecule has 1 saturated heterocycles. The first-order valence-electron chi connectivity index (χ1n) is 8.02. The Morgan fingerprint density at radius 2 is 1.89 bits per heavy atom. The lowest BCUT2D eigenvalue weighted by atomic mass is 9.94. The lowest BCUT2D eigenvalue weighted by Crippen LogP contribution is -2.58. The van der Waals surface area contributed by atoms with Crippen LogP contribution in [0, 0.1) is 11.8 Å². The fourth-order valence-corrected chi connectivity index (χ4v) is 3.11. The second-order valence-corrected chi connectivity index (χ2v) is 6.75. The summed E-state index contributed by atoms with van der Waals surface area (Å²) in [6.45, 7) is 15.4. The van der Waals surface area contributed by atoms with Crippen molar-refractivity contribution in [1.82, 2.24) is 10.2 Å². The normalized spacial score (nSPS) is 26.2. The topological polar surface area (TPSA) is 15.3 Å². The Morgan fingerprint density at radius 3 is 2.44 bits per heavy atom. The molecule has 2 nitrogen and oxygen atoms in total. The van der Waals surface area contributed by atoms with Crippen LogP contribution in [0.5, 0.6) is 0 Å². The van der Waals surface area contributed by atoms with Gasteiger partial charge in [0.05, 0.1) is 0 Å². The summed E-state index contributed by atoms with van der Waals surface area (Å²) in [6.07, 6.45) is 5.39. The van der Waals surface area contributed by atoms with Crippen LogP contribution in [0.1, 0.15) is 60.3 Å². The van der Waals surface area contributed by atoms with E-state index in [1.165, 1.54) is 45.3 Å². The number of piperazine rings is 1. The van der Waals surface area contributed by atoms with E-state index in [0.717, 1.165) is 17.9 Å². The van der Waals surface area contributed by atoms with Crippen LogP contribution in [0.25, 0.3) is 0 Å². The summed E-state index contributed by atoms with van der Waals surface area (Å²) in [6, 6.07) is 1.45. The number of rotatable bonds is 7. The molecule has 2 unspecified atom stereocenters. The Kier molecular flexibility index (Phi) is 7.25. The van der Waals surface area contributed by atoms with Gasteiger partial charge in [-0.25, -0.2) is 0 Å². The highest BCUT2D eigenvalue weighted by atomic mass is 15.2. The SMILES string of the molecule is CCCCCN1CC(CC(C)C)NCC1C(C)C. The van der Waals surface area contributed by atoms with E-state index in [1.54, 1.807) is 0 Å². The summed E-state index contributed by atoms with van der Waals surface area (Å²) in [7, 11) is 0. The van der Waals surface area contributed by atoms with Crippen LogP contribution >= 0.6 is 0 Å². The highest BCUT2D eigenvalue weighted by Gasteiger charge is 2.29. The second kappa shape index (κ2) is 8.16. The van der Waals surface area contributed by atoms with Crippen molar-refractivity contribution in [2.45, 2.75) is 72.4 Å². The first-order chi connectivity index (χ1) is 8.54. The molecule has 18 heavy (non-hydrogen) atoms. The first-order valence-corrected chi connectivity index (χ1v) is 8.02. The van der Waals surface area contributed by atoms with Crippen LogP contribution in [0.2, 0.25) is 0 Å². The van der Waals surface area contributed by atoms with E-state index >= 15 is 0 Å². The average molecular weight is 254 g/mol. The van der Waals surface area contributed by atoms with Crippen molar-refractivity contribution in [3.63, 3.8) is 0 Å². The van der Waals surface area contributed by atoms with Crippen LogP contribution in [-0.2, 0) is 0 Å². The van der Waals surface area contributed by atoms with E-state index in [-0.39, 0.29) is 0 Å². The van der Waals surface area contributed by atoms with Gasteiger partial charge < -0.3 is 5.32 Å². The van der Waals surface area contributed by atoms with Crippen molar-refractivity contribution in [2.75, 3.05) is 19.6 Å². The minimum atomic E-state index is 0.710. The lowest BCUT2D eigenvalue weighted by Gasteiger charge is -2.43. The van der Waals surface area contributed by atoms with Crippen molar-refractivity contribution in [2.24, 2.45) is 11.8 Å². The Balaban J connectivity index is 2.47. The fourth-order valence-electron chi connectivity index (χ4n) is 3.11. The molecule has 0 aliphatic carbocycles. The van der Waals surface area contributed by atoms with E-state index in [0.29, 0.717) is 6.04 Å². The molecule has 2 atom stereocenters. The molecule has 1 aliphatic heterocycles. The molecule has 1 heterocycles. The third-order valence-electron chi connectivity index (χ3n) is 4.11. The van der Waals surface area contributed by atoms with E-state index in [4.69, 9.17) is 0 Å². The summed E-state index contributed by atoms with van der Waals surface area (Å²) in [5.41, 5.74) is 0. The van der Waals surface area contributed by atoms with Crippen molar-refractivity contribution in [1.29, 1.82) is 0 Å². The molecule has 1 N–H and O–H groups in total. The first kappa shape index (κ1) is 16.0. The number of hydrogen-bond donors (Lipinski definition) is 1. The molecule has 1 fully saturated rings. The van der Waals surface area contributed by atoms with Crippen LogP contribution in [0.15, 0.2) is 0 Å². The smallest absolute Gasteiger partial charge is 0.0244 e. The van der Waals surface area contributed by atoms with Crippen molar-refractivity contribution >= 4 is 0 Å². The molecule has 0 amide bonds. The molecule has 108 valence electrons. The zero-order valence-electron chi connectivity index (χ0n) is 13.2. The Morgan fingerprint density at radius 1 is 1.17 bits per heavy atom. The predicted octanol–water partition coefficient (Wildman–Crippen LogP) is 3.52. The largest absolute Gasteiger partial charge is 0.311 e. The van der Waals surface area contributed by atoms with Crippen LogP contribution in [-0.4, -0.2) is 36.6 Å². The van der Waals surface area contributed by atoms with E-state index < -0.39 is 0 Å². The summed E-state index contributed by atoms with van der Waals surface area (Å²) in [5.74, 6) is 1.56. The fraction of sp³-hybridized carbons (Fsp3) is 1.00. The molecule has 0 radical (unpaired) electrons. The van der Waals surface area contributed by atoms with E-state index in [1.807, 2.05) is 0 Å². The summed E-state index contributed by atoms with van der Waals surface area (Å²) in [5, 5.41) is 3.76. The van der Waals surface area contributed by atoms with Gasteiger partial charge in [-0.3, -0.25) is 4.90 Å². The van der Waals surface area contributed by atoms with Crippen LogP contribution in [0.3, 0.4) is 0 Å². The highest BCUT2D eigenvalue weighted by Crippen LogP contribution is 2.19. The van der Waals surface area contributed by atoms with Gasteiger partial charge in [-0.05, 0) is 31.2 Å². The van der Waals surface area contributed by atoms with Crippen molar-refractivity contribution < 1.29 is 0 Å². The van der Waals surface area contributed by atoms with Crippen LogP contribution in [0.4, 0.5) is 0 Å². The minimum Gasteiger partial charge on any atom is -0.311 e. The highest BCUT2D eigenvalue weighted by molar-refractivity contribution is 4.88. The standard InChI is InChI=1S/C16H34N2/c1-6-7-8-9-18-12-15(10-13(2)3)17-11-16(18)14(4)5/h13-17H,6-12H2,1-5H3. The van der Waals surface area contributed by atoms with Gasteiger partial charge in [0.15, 0.2) is 0 Å². The zero-order chi connectivity index (χ0) is 13.5. The second-order valence-electron chi connectivity index (χ2n) is 6.75. The maximum atomic E-state index is 3.76. The van der Waals surface area contributed by atoms with E-state index in [9.17, 15) is 0 Å². The van der Waals surface area contributed by atoms with Gasteiger partial charge in [-0.1, -0.05) is 47.5 Å². The third kappa shape index (κ3) is 5.27. The average Bonchev–Trinajstić information content (AvgIpc) is 2.28. The number of unbranched alkanes of at least 4 members (excludes halogenated alkanes) is 2. The third-order valence-corrected chi connectivity index (χ3v) is 4.11. The Labute approximate surface area is 115 Å². The van der Waals surface area contributed by atoms with E-state index in [2.05, 4.69) is 44.8 Å². The molecular weight excluding hydrogens is 220 g/mol. The van der Waals surface area contributed by atoms with Gasteiger partial charge >= 0.3 is 0 Å². The maximum absolute atomic E-state index is 3.76. The van der Waals surface area contributed by atoms with Gasteiger partial charge in [0.2, 0.25) is 0 Å². The van der Waals surface area contributed by atoms with Crippen molar-refractivity contribution in [3.8, 4) is 0 Å². The summed E-state index contributed by atoms with van der Waals surface area (Å²) >= 11 is 0. The lowest BCUT2D eigenvalue weighted by molar-refractivity contribution is 0.0904. The molecule has 0 bridgehead atoms. The van der Waals surface area contributed by atoms with Gasteiger partial charge in [0.1, 0.15) is 0 Å². The van der Waals surface area contributed by atoms with Gasteiger partial charge in [0.25, 0.3) is 0 Å². The maximum Gasteiger partial charge on any atom is 0.0244 e. The van der Waals surface area contributed by atoms with Crippen LogP contribution < -0.4 is 5.32 Å². The monoisotopic (exact) mass is 254 g/mol. The molecular formula is C16H34N2. The number of hydrogen-bond acceptors (Lipinski definition) is 2.